The van der Waals surface area contributed by atoms with Crippen LogP contribution in [0.2, 0.25) is 0 Å². The Kier molecular flexibility index (Phi) is 2.72. The van der Waals surface area contributed by atoms with Crippen LogP contribution < -0.4 is 11.0 Å². The number of benzene rings is 1. The Hall–Kier alpha value is -2.90. The maximum atomic E-state index is 12.5. The molecule has 4 rings (SSSR count). The molecule has 23 heavy (non-hydrogen) atoms. The molecule has 1 aromatic heterocycles. The number of nitrogens with one attached hydrogen (secondary N) is 2. The molecule has 0 bridgehead atoms. The van der Waals surface area contributed by atoms with Crippen molar-refractivity contribution in [2.75, 3.05) is 18.4 Å². The van der Waals surface area contributed by atoms with Gasteiger partial charge in [0.1, 0.15) is 0 Å². The van der Waals surface area contributed by atoms with Gasteiger partial charge in [-0.25, -0.2) is 9.48 Å². The second-order valence-corrected chi connectivity index (χ2v) is 5.96. The van der Waals surface area contributed by atoms with Crippen LogP contribution in [-0.2, 0) is 17.3 Å². The molecule has 2 amide bonds. The van der Waals surface area contributed by atoms with Crippen LogP contribution in [0.1, 0.15) is 22.6 Å². The van der Waals surface area contributed by atoms with Crippen molar-refractivity contribution in [2.24, 2.45) is 7.05 Å². The summed E-state index contributed by atoms with van der Waals surface area (Å²) in [6, 6.07) is 7.54. The van der Waals surface area contributed by atoms with Crippen LogP contribution in [0, 0.1) is 0 Å². The lowest BCUT2D eigenvalue weighted by molar-refractivity contribution is -0.120. The van der Waals surface area contributed by atoms with E-state index in [-0.39, 0.29) is 24.2 Å². The molecule has 1 spiro atoms. The number of anilines is 1. The molecule has 1 fully saturated rings. The number of H-pyrrole nitrogens is 1. The number of hydrogen-bond acceptors (Lipinski definition) is 4. The number of amides is 2. The van der Waals surface area contributed by atoms with E-state index >= 15 is 0 Å². The number of aromatic amines is 1. The summed E-state index contributed by atoms with van der Waals surface area (Å²) in [5.74, 6) is -0.443. The van der Waals surface area contributed by atoms with E-state index in [1.165, 1.54) is 7.05 Å². The van der Waals surface area contributed by atoms with Gasteiger partial charge in [-0.1, -0.05) is 18.2 Å². The Balaban J connectivity index is 1.66. The van der Waals surface area contributed by atoms with Crippen molar-refractivity contribution in [3.8, 4) is 0 Å². The number of fused-ring (bicyclic) bond motifs is 2. The van der Waals surface area contributed by atoms with Gasteiger partial charge in [-0.05, 0) is 18.1 Å². The Morgan fingerprint density at radius 2 is 2.09 bits per heavy atom. The largest absolute Gasteiger partial charge is 0.343 e. The summed E-state index contributed by atoms with van der Waals surface area (Å²) in [4.78, 5) is 40.4. The molecular formula is C15H15N5O3. The van der Waals surface area contributed by atoms with Gasteiger partial charge >= 0.3 is 5.69 Å². The number of aromatic nitrogens is 3. The zero-order chi connectivity index (χ0) is 16.2. The lowest BCUT2D eigenvalue weighted by Gasteiger charge is -2.22. The van der Waals surface area contributed by atoms with Crippen LogP contribution in [-0.4, -0.2) is 44.6 Å². The first-order valence-corrected chi connectivity index (χ1v) is 7.35. The SMILES string of the molecule is Cn1nc(C(=O)N2CCC3(C2)C(=O)Nc2ccccc23)[nH]c1=O. The minimum Gasteiger partial charge on any atom is -0.334 e. The van der Waals surface area contributed by atoms with Crippen LogP contribution in [0.15, 0.2) is 29.1 Å². The van der Waals surface area contributed by atoms with Crippen molar-refractivity contribution in [3.05, 3.63) is 46.1 Å². The first kappa shape index (κ1) is 13.7. The summed E-state index contributed by atoms with van der Waals surface area (Å²) >= 11 is 0. The smallest absolute Gasteiger partial charge is 0.334 e. The molecule has 8 heteroatoms. The maximum absolute atomic E-state index is 12.5. The van der Waals surface area contributed by atoms with E-state index < -0.39 is 11.1 Å². The molecule has 0 radical (unpaired) electrons. The van der Waals surface area contributed by atoms with Crippen LogP contribution in [0.5, 0.6) is 0 Å². The molecule has 0 saturated carbocycles. The minimum atomic E-state index is -0.707. The topological polar surface area (TPSA) is 100 Å². The highest BCUT2D eigenvalue weighted by atomic mass is 16.2. The molecule has 2 aromatic rings. The Bertz CT molecular complexity index is 883. The number of rotatable bonds is 1. The molecule has 1 saturated heterocycles. The van der Waals surface area contributed by atoms with Crippen molar-refractivity contribution in [3.63, 3.8) is 0 Å². The summed E-state index contributed by atoms with van der Waals surface area (Å²) in [7, 11) is 1.47. The minimum absolute atomic E-state index is 0.00115. The van der Waals surface area contributed by atoms with Gasteiger partial charge in [-0.15, -0.1) is 5.10 Å². The van der Waals surface area contributed by atoms with Gasteiger partial charge in [-0.3, -0.25) is 14.6 Å². The van der Waals surface area contributed by atoms with E-state index in [1.54, 1.807) is 4.90 Å². The van der Waals surface area contributed by atoms with Crippen molar-refractivity contribution in [2.45, 2.75) is 11.8 Å². The molecule has 3 heterocycles. The Morgan fingerprint density at radius 3 is 2.83 bits per heavy atom. The Labute approximate surface area is 131 Å². The zero-order valence-electron chi connectivity index (χ0n) is 12.5. The van der Waals surface area contributed by atoms with Gasteiger partial charge in [0.05, 0.1) is 5.41 Å². The average Bonchev–Trinajstić information content (AvgIpc) is 3.20. The van der Waals surface area contributed by atoms with E-state index in [9.17, 15) is 14.4 Å². The van der Waals surface area contributed by atoms with Crippen molar-refractivity contribution in [1.29, 1.82) is 0 Å². The number of para-hydroxylation sites is 1. The van der Waals surface area contributed by atoms with Gasteiger partial charge in [0.2, 0.25) is 11.7 Å². The van der Waals surface area contributed by atoms with Gasteiger partial charge in [0, 0.05) is 25.8 Å². The van der Waals surface area contributed by atoms with Gasteiger partial charge in [0.25, 0.3) is 5.91 Å². The zero-order valence-corrected chi connectivity index (χ0v) is 12.5. The van der Waals surface area contributed by atoms with E-state index in [0.29, 0.717) is 13.0 Å². The van der Waals surface area contributed by atoms with E-state index in [1.807, 2.05) is 24.3 Å². The lowest BCUT2D eigenvalue weighted by Crippen LogP contribution is -2.39. The summed E-state index contributed by atoms with van der Waals surface area (Å²) in [6.07, 6.45) is 0.554. The van der Waals surface area contributed by atoms with Crippen LogP contribution in [0.4, 0.5) is 5.69 Å². The molecule has 1 aromatic carbocycles. The highest BCUT2D eigenvalue weighted by Gasteiger charge is 2.52. The van der Waals surface area contributed by atoms with E-state index in [4.69, 9.17) is 0 Å². The third-order valence-corrected chi connectivity index (χ3v) is 4.65. The fourth-order valence-corrected chi connectivity index (χ4v) is 3.41. The maximum Gasteiger partial charge on any atom is 0.343 e. The molecule has 1 atom stereocenters. The fourth-order valence-electron chi connectivity index (χ4n) is 3.41. The predicted molar refractivity (Wildman–Crippen MR) is 81.1 cm³/mol. The number of likely N-dealkylation sites (tertiary alicyclic amines) is 1. The summed E-state index contributed by atoms with van der Waals surface area (Å²) < 4.78 is 1.08. The number of carbonyl (C=O) groups excluding carboxylic acids is 2. The molecule has 2 aliphatic rings. The molecule has 0 aliphatic carbocycles. The lowest BCUT2D eigenvalue weighted by atomic mass is 9.81. The monoisotopic (exact) mass is 313 g/mol. The molecule has 1 unspecified atom stereocenters. The number of hydrogen-bond donors (Lipinski definition) is 2. The van der Waals surface area contributed by atoms with Gasteiger partial charge in [-0.2, -0.15) is 0 Å². The summed E-state index contributed by atoms with van der Waals surface area (Å²) in [6.45, 7) is 0.729. The quantitative estimate of drug-likeness (QED) is 0.764. The van der Waals surface area contributed by atoms with Crippen LogP contribution in [0.25, 0.3) is 0 Å². The molecule has 8 nitrogen and oxygen atoms in total. The Morgan fingerprint density at radius 1 is 1.30 bits per heavy atom. The third-order valence-electron chi connectivity index (χ3n) is 4.65. The van der Waals surface area contributed by atoms with Crippen LogP contribution in [0.3, 0.4) is 0 Å². The van der Waals surface area contributed by atoms with Crippen molar-refractivity contribution in [1.82, 2.24) is 19.7 Å². The second kappa shape index (κ2) is 4.55. The molecular weight excluding hydrogens is 298 g/mol. The number of aryl methyl sites for hydroxylation is 1. The standard InChI is InChI=1S/C15H15N5O3/c1-19-14(23)17-11(18-19)12(21)20-7-6-15(8-20)9-4-2-3-5-10(9)16-13(15)22/h2-5H,6-8H2,1H3,(H,16,22)(H,17,18,23). The normalized spacial score (nSPS) is 22.5. The van der Waals surface area contributed by atoms with Crippen molar-refractivity contribution >= 4 is 17.5 Å². The third kappa shape index (κ3) is 1.84. The van der Waals surface area contributed by atoms with Crippen LogP contribution >= 0.6 is 0 Å². The molecule has 2 aliphatic heterocycles. The van der Waals surface area contributed by atoms with E-state index in [0.717, 1.165) is 15.9 Å². The van der Waals surface area contributed by atoms with Crippen molar-refractivity contribution < 1.29 is 9.59 Å². The first-order chi connectivity index (χ1) is 11.0. The highest BCUT2D eigenvalue weighted by Crippen LogP contribution is 2.44. The first-order valence-electron chi connectivity index (χ1n) is 7.35. The van der Waals surface area contributed by atoms with E-state index in [2.05, 4.69) is 15.4 Å². The average molecular weight is 313 g/mol. The molecule has 118 valence electrons. The number of carbonyl (C=O) groups is 2. The fraction of sp³-hybridized carbons (Fsp3) is 0.333. The summed E-state index contributed by atoms with van der Waals surface area (Å²) in [5, 5.41) is 6.78. The molecule has 2 N–H and O–H groups in total. The second-order valence-electron chi connectivity index (χ2n) is 5.96. The van der Waals surface area contributed by atoms with Gasteiger partial charge < -0.3 is 10.2 Å². The highest BCUT2D eigenvalue weighted by molar-refractivity contribution is 6.07. The number of nitrogens with zero attached hydrogens (tertiary/aromatic N) is 3. The van der Waals surface area contributed by atoms with Gasteiger partial charge in [0.15, 0.2) is 0 Å². The summed E-state index contributed by atoms with van der Waals surface area (Å²) in [5.41, 5.74) is 0.584. The predicted octanol–water partition coefficient (Wildman–Crippen LogP) is -0.156.